The van der Waals surface area contributed by atoms with E-state index in [1.807, 2.05) is 0 Å². The molecule has 0 aliphatic carbocycles. The van der Waals surface area contributed by atoms with Crippen molar-refractivity contribution in [3.63, 3.8) is 0 Å². The van der Waals surface area contributed by atoms with Crippen LogP contribution < -0.4 is 5.73 Å². The molecule has 9 heteroatoms. The van der Waals surface area contributed by atoms with Gasteiger partial charge < -0.3 is 20.1 Å². The van der Waals surface area contributed by atoms with E-state index in [9.17, 15) is 14.3 Å². The Bertz CT molecular complexity index is 565. The fourth-order valence-corrected chi connectivity index (χ4v) is 5.00. The van der Waals surface area contributed by atoms with E-state index in [0.717, 1.165) is 32.1 Å². The van der Waals surface area contributed by atoms with Crippen LogP contribution in [0.2, 0.25) is 0 Å². The zero-order valence-corrected chi connectivity index (χ0v) is 25.6. The van der Waals surface area contributed by atoms with Gasteiger partial charge in [-0.25, -0.2) is 4.57 Å². The number of hydrogen-bond donors (Lipinski definition) is 2. The molecule has 0 amide bonds. The summed E-state index contributed by atoms with van der Waals surface area (Å²) in [5.74, 6) is -0.336. The highest BCUT2D eigenvalue weighted by Gasteiger charge is 2.25. The summed E-state index contributed by atoms with van der Waals surface area (Å²) in [5.41, 5.74) is 5.31. The Morgan fingerprint density at radius 1 is 0.684 bits per heavy atom. The van der Waals surface area contributed by atoms with Gasteiger partial charge in [0.25, 0.3) is 0 Å². The highest BCUT2D eigenvalue weighted by atomic mass is 31.2. The van der Waals surface area contributed by atoms with Crippen LogP contribution in [0.25, 0.3) is 0 Å². The van der Waals surface area contributed by atoms with Crippen molar-refractivity contribution in [3.05, 3.63) is 0 Å². The zero-order valence-electron chi connectivity index (χ0n) is 24.7. The molecule has 0 rings (SSSR count). The van der Waals surface area contributed by atoms with Crippen molar-refractivity contribution >= 4 is 13.8 Å². The minimum atomic E-state index is -4.25. The Hall–Kier alpha value is -0.500. The minimum Gasteiger partial charge on any atom is -0.457 e. The molecule has 228 valence electrons. The lowest BCUT2D eigenvalue weighted by Gasteiger charge is -2.20. The number of hydrogen-bond acceptors (Lipinski definition) is 7. The number of phosphoric acid groups is 1. The quantitative estimate of drug-likeness (QED) is 0.0514. The van der Waals surface area contributed by atoms with Crippen LogP contribution in [0, 0.1) is 0 Å². The van der Waals surface area contributed by atoms with Gasteiger partial charge in [0.15, 0.2) is 0 Å². The average molecular weight is 566 g/mol. The fraction of sp³-hybridized carbons (Fsp3) is 0.966. The molecule has 3 N–H and O–H groups in total. The zero-order chi connectivity index (χ0) is 28.2. The van der Waals surface area contributed by atoms with E-state index in [1.54, 1.807) is 0 Å². The third-order valence-corrected chi connectivity index (χ3v) is 7.51. The second-order valence-electron chi connectivity index (χ2n) is 10.3. The van der Waals surface area contributed by atoms with E-state index in [0.29, 0.717) is 13.0 Å². The van der Waals surface area contributed by atoms with E-state index in [-0.39, 0.29) is 32.3 Å². The predicted molar refractivity (Wildman–Crippen MR) is 155 cm³/mol. The number of carbonyl (C=O) groups is 1. The smallest absolute Gasteiger partial charge is 0.457 e. The second kappa shape index (κ2) is 28.0. The number of carbonyl (C=O) groups excluding carboxylic acids is 1. The van der Waals surface area contributed by atoms with Crippen molar-refractivity contribution in [2.24, 2.45) is 5.73 Å². The lowest BCUT2D eigenvalue weighted by Crippen LogP contribution is -2.28. The lowest BCUT2D eigenvalue weighted by molar-refractivity contribution is -0.154. The van der Waals surface area contributed by atoms with Crippen molar-refractivity contribution in [2.45, 2.75) is 148 Å². The van der Waals surface area contributed by atoms with Crippen molar-refractivity contribution < 1.29 is 32.8 Å². The largest absolute Gasteiger partial charge is 0.472 e. The van der Waals surface area contributed by atoms with Crippen molar-refractivity contribution in [1.82, 2.24) is 0 Å². The Balaban J connectivity index is 4.11. The maximum Gasteiger partial charge on any atom is 0.472 e. The van der Waals surface area contributed by atoms with Crippen molar-refractivity contribution in [3.8, 4) is 0 Å². The van der Waals surface area contributed by atoms with Gasteiger partial charge in [-0.3, -0.25) is 13.8 Å². The van der Waals surface area contributed by atoms with Crippen LogP contribution in [0.1, 0.15) is 142 Å². The molecule has 38 heavy (non-hydrogen) atoms. The maximum atomic E-state index is 12.3. The maximum absolute atomic E-state index is 12.3. The number of unbranched alkanes of at least 4 members (excludes halogenated alkanes) is 17. The first kappa shape index (κ1) is 37.5. The van der Waals surface area contributed by atoms with Crippen LogP contribution in [0.15, 0.2) is 0 Å². The van der Waals surface area contributed by atoms with Crippen LogP contribution in [-0.2, 0) is 27.9 Å². The number of esters is 1. The van der Waals surface area contributed by atoms with Crippen LogP contribution in [-0.4, -0.2) is 49.9 Å². The molecule has 0 aliphatic heterocycles. The Morgan fingerprint density at radius 2 is 1.16 bits per heavy atom. The molecule has 0 bridgehead atoms. The SMILES string of the molecule is CCCCCCCCCCCCCCOCC(COP(=O)(O)OCCN)OC(=O)CCCCCCCCC. The monoisotopic (exact) mass is 565 g/mol. The molecule has 0 aromatic rings. The molecule has 0 aromatic heterocycles. The molecule has 8 nitrogen and oxygen atoms in total. The third kappa shape index (κ3) is 27.1. The van der Waals surface area contributed by atoms with Crippen LogP contribution in [0.5, 0.6) is 0 Å². The van der Waals surface area contributed by atoms with Gasteiger partial charge in [-0.15, -0.1) is 0 Å². The van der Waals surface area contributed by atoms with Crippen LogP contribution in [0.4, 0.5) is 0 Å². The van der Waals surface area contributed by atoms with E-state index in [4.69, 9.17) is 24.3 Å². The number of ether oxygens (including phenoxy) is 2. The van der Waals surface area contributed by atoms with Gasteiger partial charge in [0.1, 0.15) is 6.10 Å². The highest BCUT2D eigenvalue weighted by Crippen LogP contribution is 2.43. The van der Waals surface area contributed by atoms with Gasteiger partial charge >= 0.3 is 13.8 Å². The molecule has 0 fully saturated rings. The summed E-state index contributed by atoms with van der Waals surface area (Å²) in [6.45, 7) is 4.88. The molecular formula is C29H60NO7P. The normalized spacial score (nSPS) is 13.9. The summed E-state index contributed by atoms with van der Waals surface area (Å²) in [6, 6.07) is 0. The molecule has 0 saturated carbocycles. The molecule has 2 unspecified atom stereocenters. The lowest BCUT2D eigenvalue weighted by atomic mass is 10.1. The first-order valence-corrected chi connectivity index (χ1v) is 17.0. The molecule has 2 atom stereocenters. The van der Waals surface area contributed by atoms with Gasteiger partial charge in [-0.2, -0.15) is 0 Å². The summed E-state index contributed by atoms with van der Waals surface area (Å²) in [5, 5.41) is 0. The summed E-state index contributed by atoms with van der Waals surface area (Å²) in [4.78, 5) is 22.1. The van der Waals surface area contributed by atoms with Gasteiger partial charge in [0.05, 0.1) is 19.8 Å². The number of nitrogens with two attached hydrogens (primary N) is 1. The van der Waals surface area contributed by atoms with E-state index >= 15 is 0 Å². The minimum absolute atomic E-state index is 0.0913. The molecular weight excluding hydrogens is 505 g/mol. The standard InChI is InChI=1S/C29H60NO7P/c1-3-5-7-9-11-12-13-14-15-17-19-21-24-34-26-28(27-36-38(32,33)35-25-23-30)37-29(31)22-20-18-16-10-8-6-4-2/h28H,3-27,30H2,1-2H3,(H,32,33). The predicted octanol–water partition coefficient (Wildman–Crippen LogP) is 7.85. The Kier molecular flexibility index (Phi) is 27.7. The van der Waals surface area contributed by atoms with E-state index in [2.05, 4.69) is 13.8 Å². The average Bonchev–Trinajstić information content (AvgIpc) is 2.90. The van der Waals surface area contributed by atoms with Crippen LogP contribution in [0.3, 0.4) is 0 Å². The van der Waals surface area contributed by atoms with Gasteiger partial charge in [0.2, 0.25) is 0 Å². The molecule has 0 saturated heterocycles. The molecule has 0 aromatic carbocycles. The van der Waals surface area contributed by atoms with Crippen LogP contribution >= 0.6 is 7.82 Å². The second-order valence-corrected chi connectivity index (χ2v) is 11.8. The topological polar surface area (TPSA) is 117 Å². The van der Waals surface area contributed by atoms with Gasteiger partial charge in [-0.05, 0) is 12.8 Å². The summed E-state index contributed by atoms with van der Waals surface area (Å²) < 4.78 is 33.0. The molecule has 0 aliphatic rings. The van der Waals surface area contributed by atoms with Gasteiger partial charge in [0, 0.05) is 19.6 Å². The molecule has 0 radical (unpaired) electrons. The Labute approximate surface area is 233 Å². The van der Waals surface area contributed by atoms with E-state index < -0.39 is 13.9 Å². The number of rotatable bonds is 30. The first-order chi connectivity index (χ1) is 18.4. The first-order valence-electron chi connectivity index (χ1n) is 15.5. The van der Waals surface area contributed by atoms with Crippen molar-refractivity contribution in [1.29, 1.82) is 0 Å². The summed E-state index contributed by atoms with van der Waals surface area (Å²) >= 11 is 0. The molecule has 0 heterocycles. The summed E-state index contributed by atoms with van der Waals surface area (Å²) in [7, 11) is -4.25. The van der Waals surface area contributed by atoms with Crippen molar-refractivity contribution in [2.75, 3.05) is 33.0 Å². The fourth-order valence-electron chi connectivity index (χ4n) is 4.23. The molecule has 0 spiro atoms. The van der Waals surface area contributed by atoms with E-state index in [1.165, 1.54) is 89.9 Å². The summed E-state index contributed by atoms with van der Waals surface area (Å²) in [6.07, 6.45) is 22.6. The highest BCUT2D eigenvalue weighted by molar-refractivity contribution is 7.47. The van der Waals surface area contributed by atoms with Gasteiger partial charge in [-0.1, -0.05) is 123 Å². The Morgan fingerprint density at radius 3 is 1.66 bits per heavy atom. The number of phosphoric ester groups is 1. The third-order valence-electron chi connectivity index (χ3n) is 6.52.